The average molecular weight is 381 g/mol. The second-order valence-corrected chi connectivity index (χ2v) is 7.00. The first-order valence-electron chi connectivity index (χ1n) is 9.23. The summed E-state index contributed by atoms with van der Waals surface area (Å²) in [7, 11) is 1.62. The Morgan fingerprint density at radius 3 is 2.68 bits per heavy atom. The number of aryl methyl sites for hydroxylation is 2. The van der Waals surface area contributed by atoms with Crippen LogP contribution >= 0.6 is 0 Å². The van der Waals surface area contributed by atoms with E-state index >= 15 is 0 Å². The minimum atomic E-state index is -0.308. The molecule has 1 aromatic carbocycles. The summed E-state index contributed by atoms with van der Waals surface area (Å²) in [4.78, 5) is 29.2. The molecule has 0 aliphatic carbocycles. The largest absolute Gasteiger partial charge is 0.377 e. The molecular weight excluding hydrogens is 358 g/mol. The van der Waals surface area contributed by atoms with Crippen LogP contribution in [0.25, 0.3) is 5.69 Å². The highest BCUT2D eigenvalue weighted by Gasteiger charge is 2.34. The number of aromatic nitrogens is 4. The number of ether oxygens (including phenoxy) is 1. The lowest BCUT2D eigenvalue weighted by Gasteiger charge is -2.35. The second-order valence-electron chi connectivity index (χ2n) is 7.00. The number of amides is 1. The maximum atomic E-state index is 13.1. The number of carbonyl (C=O) groups is 1. The first-order chi connectivity index (χ1) is 13.5. The van der Waals surface area contributed by atoms with Crippen molar-refractivity contribution in [3.8, 4) is 5.69 Å². The first kappa shape index (κ1) is 18.2. The molecule has 2 aromatic heterocycles. The molecule has 1 saturated heterocycles. The number of nitrogens with one attached hydrogen (secondary N) is 1. The molecule has 28 heavy (non-hydrogen) atoms. The Morgan fingerprint density at radius 1 is 1.25 bits per heavy atom. The molecule has 1 N–H and O–H groups in total. The smallest absolute Gasteiger partial charge is 0.325 e. The molecule has 146 valence electrons. The number of H-pyrrole nitrogens is 1. The van der Waals surface area contributed by atoms with E-state index in [4.69, 9.17) is 9.84 Å². The zero-order chi connectivity index (χ0) is 19.8. The summed E-state index contributed by atoms with van der Waals surface area (Å²) in [5.74, 6) is -0.211. The highest BCUT2D eigenvalue weighted by atomic mass is 16.5. The normalized spacial score (nSPS) is 17.1. The van der Waals surface area contributed by atoms with Crippen molar-refractivity contribution in [3.63, 3.8) is 0 Å². The molecule has 1 aliphatic rings. The summed E-state index contributed by atoms with van der Waals surface area (Å²) in [6.45, 7) is 5.26. The molecule has 1 aliphatic heterocycles. The fourth-order valence-electron chi connectivity index (χ4n) is 3.79. The van der Waals surface area contributed by atoms with Gasteiger partial charge in [0.2, 0.25) is 0 Å². The van der Waals surface area contributed by atoms with Crippen molar-refractivity contribution in [1.82, 2.24) is 24.2 Å². The van der Waals surface area contributed by atoms with Gasteiger partial charge in [-0.25, -0.2) is 9.48 Å². The third-order valence-electron chi connectivity index (χ3n) is 5.19. The Kier molecular flexibility index (Phi) is 4.64. The summed E-state index contributed by atoms with van der Waals surface area (Å²) in [5.41, 5.74) is 3.75. The Labute approximate surface area is 162 Å². The van der Waals surface area contributed by atoms with Crippen LogP contribution in [0.4, 0.5) is 0 Å². The summed E-state index contributed by atoms with van der Waals surface area (Å²) in [6, 6.07) is 9.64. The Morgan fingerprint density at radius 2 is 2.00 bits per heavy atom. The topological polar surface area (TPSA) is 85.2 Å². The minimum Gasteiger partial charge on any atom is -0.377 e. The van der Waals surface area contributed by atoms with Crippen molar-refractivity contribution in [1.29, 1.82) is 0 Å². The number of benzene rings is 1. The molecular formula is C20H23N5O3. The minimum absolute atomic E-state index is 0.211. The number of aromatic amines is 1. The van der Waals surface area contributed by atoms with Crippen LogP contribution in [0.2, 0.25) is 0 Å². The monoisotopic (exact) mass is 381 g/mol. The van der Waals surface area contributed by atoms with Gasteiger partial charge in [0.05, 0.1) is 30.6 Å². The van der Waals surface area contributed by atoms with Crippen molar-refractivity contribution in [3.05, 3.63) is 69.7 Å². The van der Waals surface area contributed by atoms with Crippen molar-refractivity contribution in [2.75, 3.05) is 19.8 Å². The van der Waals surface area contributed by atoms with Gasteiger partial charge in [-0.3, -0.25) is 4.79 Å². The third-order valence-corrected chi connectivity index (χ3v) is 5.19. The van der Waals surface area contributed by atoms with Crippen molar-refractivity contribution < 1.29 is 9.53 Å². The van der Waals surface area contributed by atoms with Gasteiger partial charge in [0.1, 0.15) is 5.69 Å². The molecule has 0 spiro atoms. The van der Waals surface area contributed by atoms with E-state index in [-0.39, 0.29) is 23.3 Å². The van der Waals surface area contributed by atoms with E-state index in [1.165, 1.54) is 10.8 Å². The van der Waals surface area contributed by atoms with Crippen LogP contribution in [0.5, 0.6) is 0 Å². The van der Waals surface area contributed by atoms with E-state index < -0.39 is 0 Å². The highest BCUT2D eigenvalue weighted by molar-refractivity contribution is 5.92. The molecule has 4 rings (SSSR count). The zero-order valence-corrected chi connectivity index (χ0v) is 16.2. The lowest BCUT2D eigenvalue weighted by atomic mass is 10.0. The molecule has 3 heterocycles. The predicted octanol–water partition coefficient (Wildman–Crippen LogP) is 1.73. The Hall–Kier alpha value is -3.13. The van der Waals surface area contributed by atoms with Gasteiger partial charge in [-0.2, -0.15) is 5.10 Å². The molecule has 8 nitrogen and oxygen atoms in total. The maximum absolute atomic E-state index is 13.1. The molecule has 0 saturated carbocycles. The van der Waals surface area contributed by atoms with Gasteiger partial charge in [-0.05, 0) is 26.0 Å². The van der Waals surface area contributed by atoms with Gasteiger partial charge >= 0.3 is 5.69 Å². The number of rotatable bonds is 3. The molecule has 1 atom stereocenters. The summed E-state index contributed by atoms with van der Waals surface area (Å²) in [5, 5.41) is 4.70. The Balaban J connectivity index is 1.73. The lowest BCUT2D eigenvalue weighted by molar-refractivity contribution is -0.00333. The quantitative estimate of drug-likeness (QED) is 0.749. The van der Waals surface area contributed by atoms with E-state index in [2.05, 4.69) is 4.98 Å². The van der Waals surface area contributed by atoms with Crippen molar-refractivity contribution in [2.45, 2.75) is 19.9 Å². The standard InChI is InChI=1S/C20H23N5O3/c1-13-18(14(2)25(22-13)15-7-5-4-6-8-15)17-12-28-10-9-24(17)19(26)16-11-23(3)20(27)21-16/h4-8,11,17H,9-10,12H2,1-3H3,(H,21,27). The van der Waals surface area contributed by atoms with Crippen molar-refractivity contribution >= 4 is 5.91 Å². The molecule has 0 radical (unpaired) electrons. The van der Waals surface area contributed by atoms with E-state index in [1.54, 1.807) is 11.9 Å². The van der Waals surface area contributed by atoms with Gasteiger partial charge in [0.15, 0.2) is 0 Å². The number of hydrogen-bond acceptors (Lipinski definition) is 4. The summed E-state index contributed by atoms with van der Waals surface area (Å²) in [6.07, 6.45) is 1.53. The van der Waals surface area contributed by atoms with Crippen LogP contribution in [-0.4, -0.2) is 49.9 Å². The van der Waals surface area contributed by atoms with Gasteiger partial charge < -0.3 is 19.2 Å². The number of morpholine rings is 1. The fraction of sp³-hybridized carbons (Fsp3) is 0.350. The van der Waals surface area contributed by atoms with Gasteiger partial charge in [-0.1, -0.05) is 18.2 Å². The van der Waals surface area contributed by atoms with Crippen LogP contribution in [0.3, 0.4) is 0 Å². The van der Waals surface area contributed by atoms with Gasteiger partial charge in [0, 0.05) is 31.0 Å². The van der Waals surface area contributed by atoms with E-state index in [0.29, 0.717) is 19.8 Å². The highest BCUT2D eigenvalue weighted by Crippen LogP contribution is 2.31. The second kappa shape index (κ2) is 7.12. The van der Waals surface area contributed by atoms with Gasteiger partial charge in [-0.15, -0.1) is 0 Å². The maximum Gasteiger partial charge on any atom is 0.325 e. The zero-order valence-electron chi connectivity index (χ0n) is 16.2. The fourth-order valence-corrected chi connectivity index (χ4v) is 3.79. The van der Waals surface area contributed by atoms with Gasteiger partial charge in [0.25, 0.3) is 5.91 Å². The van der Waals surface area contributed by atoms with Crippen LogP contribution < -0.4 is 5.69 Å². The number of carbonyl (C=O) groups excluding carboxylic acids is 1. The molecule has 1 fully saturated rings. The van der Waals surface area contributed by atoms with Crippen LogP contribution in [0.1, 0.15) is 33.5 Å². The van der Waals surface area contributed by atoms with Crippen LogP contribution in [0, 0.1) is 13.8 Å². The molecule has 8 heteroatoms. The molecule has 1 unspecified atom stereocenters. The van der Waals surface area contributed by atoms with E-state index in [1.807, 2.05) is 48.9 Å². The number of para-hydroxylation sites is 1. The number of imidazole rings is 1. The van der Waals surface area contributed by atoms with E-state index in [0.717, 1.165) is 22.6 Å². The lowest BCUT2D eigenvalue weighted by Crippen LogP contribution is -2.44. The Bertz CT molecular complexity index is 1060. The van der Waals surface area contributed by atoms with Crippen LogP contribution in [0.15, 0.2) is 41.3 Å². The molecule has 3 aromatic rings. The number of hydrogen-bond donors (Lipinski definition) is 1. The number of nitrogens with zero attached hydrogens (tertiary/aromatic N) is 4. The van der Waals surface area contributed by atoms with Crippen molar-refractivity contribution in [2.24, 2.45) is 7.05 Å². The molecule has 0 bridgehead atoms. The van der Waals surface area contributed by atoms with E-state index in [9.17, 15) is 9.59 Å². The predicted molar refractivity (Wildman–Crippen MR) is 104 cm³/mol. The summed E-state index contributed by atoms with van der Waals surface area (Å²) >= 11 is 0. The SMILES string of the molecule is Cc1nn(-c2ccccc2)c(C)c1C1COCCN1C(=O)c1cn(C)c(=O)[nH]1. The molecule has 1 amide bonds. The van der Waals surface area contributed by atoms with Crippen LogP contribution in [-0.2, 0) is 11.8 Å². The first-order valence-corrected chi connectivity index (χ1v) is 9.23. The average Bonchev–Trinajstić information content (AvgIpc) is 3.20. The third kappa shape index (κ3) is 3.05. The summed E-state index contributed by atoms with van der Waals surface area (Å²) < 4.78 is 8.96.